The molecule has 0 radical (unpaired) electrons. The second-order valence-electron chi connectivity index (χ2n) is 5.89. The fraction of sp³-hybridized carbons (Fsp3) is 0.333. The molecule has 1 aromatic carbocycles. The Morgan fingerprint density at radius 1 is 1.25 bits per heavy atom. The van der Waals surface area contributed by atoms with Gasteiger partial charge in [0.05, 0.1) is 16.9 Å². The number of nitrogens with two attached hydrogens (primary N) is 1. The van der Waals surface area contributed by atoms with E-state index >= 15 is 0 Å². The summed E-state index contributed by atoms with van der Waals surface area (Å²) in [6, 6.07) is 9.17. The highest BCUT2D eigenvalue weighted by molar-refractivity contribution is 6.06. The lowest BCUT2D eigenvalue weighted by Crippen LogP contribution is -2.46. The Bertz CT molecular complexity index is 696. The van der Waals surface area contributed by atoms with Crippen molar-refractivity contribution in [3.8, 4) is 0 Å². The first kappa shape index (κ1) is 16.3. The molecule has 1 fully saturated rings. The van der Waals surface area contributed by atoms with E-state index in [0.29, 0.717) is 11.3 Å². The van der Waals surface area contributed by atoms with Gasteiger partial charge in [0.1, 0.15) is 0 Å². The van der Waals surface area contributed by atoms with Crippen LogP contribution >= 0.6 is 0 Å². The highest BCUT2D eigenvalue weighted by Crippen LogP contribution is 2.29. The van der Waals surface area contributed by atoms with Crippen molar-refractivity contribution < 1.29 is 4.79 Å². The Hall–Kier alpha value is -2.60. The number of anilines is 3. The normalized spacial score (nSPS) is 15.3. The number of pyridine rings is 1. The Kier molecular flexibility index (Phi) is 4.96. The molecule has 0 aliphatic carbocycles. The molecule has 6 heteroatoms. The molecule has 126 valence electrons. The van der Waals surface area contributed by atoms with Gasteiger partial charge in [0.25, 0.3) is 5.91 Å². The van der Waals surface area contributed by atoms with Gasteiger partial charge in [0, 0.05) is 44.3 Å². The quantitative estimate of drug-likeness (QED) is 0.842. The summed E-state index contributed by atoms with van der Waals surface area (Å²) in [6.07, 6.45) is 3.21. The van der Waals surface area contributed by atoms with Gasteiger partial charge in [-0.25, -0.2) is 0 Å². The van der Waals surface area contributed by atoms with E-state index in [1.807, 2.05) is 18.2 Å². The van der Waals surface area contributed by atoms with Crippen molar-refractivity contribution in [3.63, 3.8) is 0 Å². The lowest BCUT2D eigenvalue weighted by molar-refractivity contribution is 0.102. The van der Waals surface area contributed by atoms with Gasteiger partial charge in [-0.1, -0.05) is 6.92 Å². The number of rotatable bonds is 4. The van der Waals surface area contributed by atoms with E-state index in [1.54, 1.807) is 24.5 Å². The lowest BCUT2D eigenvalue weighted by Gasteiger charge is -2.36. The molecule has 6 nitrogen and oxygen atoms in total. The molecule has 3 N–H and O–H groups in total. The third-order valence-electron chi connectivity index (χ3n) is 4.35. The molecule has 2 heterocycles. The summed E-state index contributed by atoms with van der Waals surface area (Å²) in [6.45, 7) is 7.17. The number of nitrogens with one attached hydrogen (secondary N) is 1. The molecule has 0 saturated carbocycles. The van der Waals surface area contributed by atoms with Crippen molar-refractivity contribution in [2.75, 3.05) is 48.7 Å². The van der Waals surface area contributed by atoms with Crippen molar-refractivity contribution in [1.82, 2.24) is 9.88 Å². The molecule has 1 aliphatic heterocycles. The molecule has 1 aliphatic rings. The zero-order chi connectivity index (χ0) is 16.9. The van der Waals surface area contributed by atoms with Gasteiger partial charge in [-0.15, -0.1) is 0 Å². The SMILES string of the molecule is CCN1CCN(c2ccc(N)cc2NC(=O)c2cccnc2)CC1. The Labute approximate surface area is 142 Å². The van der Waals surface area contributed by atoms with E-state index < -0.39 is 0 Å². The number of carbonyl (C=O) groups is 1. The van der Waals surface area contributed by atoms with Gasteiger partial charge >= 0.3 is 0 Å². The Morgan fingerprint density at radius 2 is 2.04 bits per heavy atom. The Balaban J connectivity index is 1.80. The average molecular weight is 325 g/mol. The monoisotopic (exact) mass is 325 g/mol. The van der Waals surface area contributed by atoms with Crippen molar-refractivity contribution >= 4 is 23.0 Å². The summed E-state index contributed by atoms with van der Waals surface area (Å²) in [5.74, 6) is -0.179. The minimum Gasteiger partial charge on any atom is -0.399 e. The van der Waals surface area contributed by atoms with Crippen molar-refractivity contribution in [1.29, 1.82) is 0 Å². The van der Waals surface area contributed by atoms with Crippen LogP contribution in [0.4, 0.5) is 17.1 Å². The standard InChI is InChI=1S/C18H23N5O/c1-2-22-8-10-23(11-9-22)17-6-5-15(19)12-16(17)21-18(24)14-4-3-7-20-13-14/h3-7,12-13H,2,8-11,19H2,1H3,(H,21,24). The van der Waals surface area contributed by atoms with Crippen LogP contribution in [0.25, 0.3) is 0 Å². The third kappa shape index (κ3) is 3.65. The molecule has 1 amide bonds. The summed E-state index contributed by atoms with van der Waals surface area (Å²) in [7, 11) is 0. The molecule has 0 spiro atoms. The topological polar surface area (TPSA) is 74.5 Å². The predicted octanol–water partition coefficient (Wildman–Crippen LogP) is 2.06. The first-order valence-corrected chi connectivity index (χ1v) is 8.25. The molecule has 3 rings (SSSR count). The molecule has 1 aromatic heterocycles. The van der Waals surface area contributed by atoms with Gasteiger partial charge in [0.2, 0.25) is 0 Å². The van der Waals surface area contributed by atoms with E-state index in [-0.39, 0.29) is 5.91 Å². The van der Waals surface area contributed by atoms with Crippen molar-refractivity contribution in [2.45, 2.75) is 6.92 Å². The van der Waals surface area contributed by atoms with Crippen molar-refractivity contribution in [2.24, 2.45) is 0 Å². The molecule has 0 atom stereocenters. The van der Waals surface area contributed by atoms with Crippen LogP contribution in [0.3, 0.4) is 0 Å². The van der Waals surface area contributed by atoms with Gasteiger partial charge in [-0.3, -0.25) is 9.78 Å². The van der Waals surface area contributed by atoms with E-state index in [1.165, 1.54) is 0 Å². The van der Waals surface area contributed by atoms with E-state index in [9.17, 15) is 4.79 Å². The number of aromatic nitrogens is 1. The minimum absolute atomic E-state index is 0.179. The summed E-state index contributed by atoms with van der Waals surface area (Å²) < 4.78 is 0. The number of carbonyl (C=O) groups excluding carboxylic acids is 1. The summed E-state index contributed by atoms with van der Waals surface area (Å²) in [5, 5.41) is 2.98. The van der Waals surface area contributed by atoms with Crippen LogP contribution in [0, 0.1) is 0 Å². The third-order valence-corrected chi connectivity index (χ3v) is 4.35. The molecular weight excluding hydrogens is 302 g/mol. The number of nitrogens with zero attached hydrogens (tertiary/aromatic N) is 3. The smallest absolute Gasteiger partial charge is 0.257 e. The minimum atomic E-state index is -0.179. The molecular formula is C18H23N5O. The summed E-state index contributed by atoms with van der Waals surface area (Å²) >= 11 is 0. The number of nitrogen functional groups attached to an aromatic ring is 1. The number of hydrogen-bond donors (Lipinski definition) is 2. The molecule has 24 heavy (non-hydrogen) atoms. The average Bonchev–Trinajstić information content (AvgIpc) is 2.63. The van der Waals surface area contributed by atoms with Gasteiger partial charge < -0.3 is 20.9 Å². The summed E-state index contributed by atoms with van der Waals surface area (Å²) in [4.78, 5) is 21.1. The second kappa shape index (κ2) is 7.31. The summed E-state index contributed by atoms with van der Waals surface area (Å²) in [5.41, 5.74) is 8.84. The highest BCUT2D eigenvalue weighted by atomic mass is 16.1. The number of likely N-dealkylation sites (N-methyl/N-ethyl adjacent to an activating group) is 1. The number of amides is 1. The van der Waals surface area contributed by atoms with Crippen LogP contribution in [-0.2, 0) is 0 Å². The Morgan fingerprint density at radius 3 is 2.71 bits per heavy atom. The first-order chi connectivity index (χ1) is 11.7. The maximum Gasteiger partial charge on any atom is 0.257 e. The van der Waals surface area contributed by atoms with Gasteiger partial charge in [0.15, 0.2) is 0 Å². The molecule has 1 saturated heterocycles. The van der Waals surface area contributed by atoms with Crippen LogP contribution in [0.5, 0.6) is 0 Å². The molecule has 0 bridgehead atoms. The van der Waals surface area contributed by atoms with Gasteiger partial charge in [-0.2, -0.15) is 0 Å². The number of benzene rings is 1. The predicted molar refractivity (Wildman–Crippen MR) is 97.4 cm³/mol. The molecule has 2 aromatic rings. The first-order valence-electron chi connectivity index (χ1n) is 8.25. The maximum atomic E-state index is 12.4. The number of piperazine rings is 1. The number of hydrogen-bond acceptors (Lipinski definition) is 5. The van der Waals surface area contributed by atoms with Crippen molar-refractivity contribution in [3.05, 3.63) is 48.3 Å². The van der Waals surface area contributed by atoms with E-state index in [4.69, 9.17) is 5.73 Å². The zero-order valence-corrected chi connectivity index (χ0v) is 13.9. The van der Waals surface area contributed by atoms with Gasteiger partial charge in [-0.05, 0) is 36.9 Å². The maximum absolute atomic E-state index is 12.4. The van der Waals surface area contributed by atoms with Crippen LogP contribution < -0.4 is 16.0 Å². The van der Waals surface area contributed by atoms with E-state index in [2.05, 4.69) is 27.0 Å². The highest BCUT2D eigenvalue weighted by Gasteiger charge is 2.19. The van der Waals surface area contributed by atoms with Crippen LogP contribution in [0.1, 0.15) is 17.3 Å². The zero-order valence-electron chi connectivity index (χ0n) is 13.9. The lowest BCUT2D eigenvalue weighted by atomic mass is 10.1. The molecule has 0 unspecified atom stereocenters. The van der Waals surface area contributed by atoms with Crippen LogP contribution in [0.15, 0.2) is 42.7 Å². The fourth-order valence-electron chi connectivity index (χ4n) is 2.93. The fourth-order valence-corrected chi connectivity index (χ4v) is 2.93. The second-order valence-corrected chi connectivity index (χ2v) is 5.89. The van der Waals surface area contributed by atoms with E-state index in [0.717, 1.165) is 44.1 Å². The van der Waals surface area contributed by atoms with Crippen LogP contribution in [0.2, 0.25) is 0 Å². The largest absolute Gasteiger partial charge is 0.399 e. The van der Waals surface area contributed by atoms with Crippen LogP contribution in [-0.4, -0.2) is 48.5 Å².